The number of nitrogens with zero attached hydrogens (tertiary/aromatic N) is 3. The van der Waals surface area contributed by atoms with Crippen LogP contribution in [0.1, 0.15) is 68.8 Å². The third-order valence-electron chi connectivity index (χ3n) is 14.8. The molecule has 39 heteroatoms. The lowest BCUT2D eigenvalue weighted by Crippen LogP contribution is -2.60. The number of carboxylic acids is 2. The number of aliphatic hydroxyl groups excluding tert-OH is 1. The van der Waals surface area contributed by atoms with Gasteiger partial charge in [-0.1, -0.05) is 30.3 Å². The summed E-state index contributed by atoms with van der Waals surface area (Å²) in [5.41, 5.74) is 12.7. The van der Waals surface area contributed by atoms with Crippen molar-refractivity contribution in [2.24, 2.45) is 11.5 Å². The largest absolute Gasteiger partial charge is 0.481 e. The second-order valence-electron chi connectivity index (χ2n) is 22.0. The Morgan fingerprint density at radius 1 is 0.573 bits per heavy atom. The van der Waals surface area contributed by atoms with Gasteiger partial charge in [0.1, 0.15) is 66.5 Å². The van der Waals surface area contributed by atoms with Gasteiger partial charge in [0.25, 0.3) is 0 Å². The van der Waals surface area contributed by atoms with Crippen molar-refractivity contribution < 1.29 is 82.4 Å². The smallest absolute Gasteiger partial charge is 0.327 e. The number of carbonyl (C=O) groups excluding carboxylic acids is 12. The minimum absolute atomic E-state index is 0.0224. The van der Waals surface area contributed by atoms with E-state index in [1.54, 1.807) is 30.3 Å². The van der Waals surface area contributed by atoms with Gasteiger partial charge in [0.2, 0.25) is 70.9 Å². The Bertz CT molecular complexity index is 3120. The zero-order valence-corrected chi connectivity index (χ0v) is 55.8. The number of imidazole rings is 2. The lowest BCUT2D eigenvalue weighted by atomic mass is 10.0. The third kappa shape index (κ3) is 26.3. The van der Waals surface area contributed by atoms with Gasteiger partial charge in [-0.2, -0.15) is 50.5 Å². The third-order valence-corrected chi connectivity index (χ3v) is 16.2. The number of aliphatic carboxylic acids is 2. The molecule has 528 valence electrons. The first-order valence-corrected chi connectivity index (χ1v) is 32.9. The van der Waals surface area contributed by atoms with Crippen LogP contribution in [0.4, 0.5) is 0 Å². The van der Waals surface area contributed by atoms with Crippen LogP contribution >= 0.6 is 50.5 Å². The van der Waals surface area contributed by atoms with Gasteiger partial charge in [-0.3, -0.25) is 62.3 Å². The quantitative estimate of drug-likeness (QED) is 0.0185. The van der Waals surface area contributed by atoms with Gasteiger partial charge in [0.05, 0.1) is 43.2 Å². The van der Waals surface area contributed by atoms with Crippen molar-refractivity contribution >= 4 is 133 Å². The highest BCUT2D eigenvalue weighted by Crippen LogP contribution is 2.20. The molecule has 2 aromatic heterocycles. The van der Waals surface area contributed by atoms with Crippen LogP contribution in [0, 0.1) is 0 Å². The van der Waals surface area contributed by atoms with Crippen LogP contribution in [0.15, 0.2) is 55.4 Å². The number of carboxylic acid groups (broad SMARTS) is 2. The van der Waals surface area contributed by atoms with Gasteiger partial charge < -0.3 is 100 Å². The van der Waals surface area contributed by atoms with E-state index in [1.165, 1.54) is 36.9 Å². The standard InChI is InChI=1S/C57H84N18O17S4/c1-29(65-55(89)43-11-7-15-75(43)56(90)37(18-32-20-61-28-64-32)69-53(87)41(25-95)73-54(88)40(24-94)72-47(81)33(59)12-13-45(78)79)46(80)71-39(23-93)48(82)62-21-44(77)66-34(10-5-6-14-58)49(83)68-36(17-31-19-60-27-63-31)51(85)67-35(16-30-8-3-2-4-9-30)50(84)70-38(22-76)52(86)74-42(26-96)57(91)92/h2-4,8-9,19-20,27-29,33-43,76,93-96H,5-7,10-18,21-26,58-59H2,1H3,(H,60,63)(H,61,64)(H,62,82)(H,65,89)(H,66,77)(H,67,85)(H,68,83)(H,69,87)(H,70,84)(H,71,80)(H,72,81)(H,73,88)(H,74,86)(H,78,79)(H,91,92)/t29-,33-,34-,35-,36-,37-,38-,39-,40-,41-,42-,43-/m0/s1. The van der Waals surface area contributed by atoms with E-state index in [9.17, 15) is 77.3 Å². The Balaban J connectivity index is 1.40. The summed E-state index contributed by atoms with van der Waals surface area (Å²) in [4.78, 5) is 202. The van der Waals surface area contributed by atoms with Crippen LogP contribution in [0.5, 0.6) is 0 Å². The van der Waals surface area contributed by atoms with E-state index < -0.39 is 175 Å². The number of nitrogens with two attached hydrogens (primary N) is 2. The summed E-state index contributed by atoms with van der Waals surface area (Å²) in [5.74, 6) is -14.4. The predicted octanol–water partition coefficient (Wildman–Crippen LogP) is -6.75. The number of aromatic amines is 2. The molecule has 3 heterocycles. The molecule has 0 bridgehead atoms. The lowest BCUT2D eigenvalue weighted by molar-refractivity contribution is -0.142. The first-order valence-electron chi connectivity index (χ1n) is 30.3. The molecule has 12 atom stereocenters. The number of unbranched alkanes of at least 4 members (excludes halogenated alkanes) is 1. The van der Waals surface area contributed by atoms with E-state index in [4.69, 9.17) is 16.6 Å². The van der Waals surface area contributed by atoms with Gasteiger partial charge >= 0.3 is 11.9 Å². The maximum Gasteiger partial charge on any atom is 0.327 e. The van der Waals surface area contributed by atoms with Gasteiger partial charge in [-0.05, 0) is 57.6 Å². The summed E-state index contributed by atoms with van der Waals surface area (Å²) >= 11 is 16.5. The molecule has 12 amide bonds. The second kappa shape index (κ2) is 41.5. The number of rotatable bonds is 42. The zero-order chi connectivity index (χ0) is 71.0. The van der Waals surface area contributed by atoms with E-state index >= 15 is 0 Å². The molecule has 0 aliphatic carbocycles. The number of aliphatic hydroxyl groups is 1. The summed E-state index contributed by atoms with van der Waals surface area (Å²) in [6.45, 7) is -0.158. The van der Waals surface area contributed by atoms with Crippen molar-refractivity contribution in [3.8, 4) is 0 Å². The molecule has 4 rings (SSSR count). The SMILES string of the molecule is C[C@H](NC(=O)[C@@H]1CCCN1C(=O)[C@H](Cc1c[nH]cn1)NC(=O)[C@H](CS)NC(=O)[C@H](CS)NC(=O)[C@@H](N)CCC(=O)O)C(=O)N[C@@H](CS)C(=O)NCC(=O)N[C@@H](CCCCN)C(=O)N[C@@H](Cc1c[nH]cn1)C(=O)N[C@@H](Cc1ccccc1)C(=O)N[C@@H](CO)C(=O)N[C@@H](CS)C(=O)O. The molecule has 3 aromatic rings. The van der Waals surface area contributed by atoms with Crippen molar-refractivity contribution in [3.63, 3.8) is 0 Å². The van der Waals surface area contributed by atoms with Gasteiger partial charge in [-0.15, -0.1) is 0 Å². The normalized spacial score (nSPS) is 16.1. The lowest BCUT2D eigenvalue weighted by Gasteiger charge is -2.30. The van der Waals surface area contributed by atoms with Crippen LogP contribution in [0.2, 0.25) is 0 Å². The average Bonchev–Trinajstić information content (AvgIpc) is 1.79. The maximum atomic E-state index is 14.4. The van der Waals surface area contributed by atoms with Gasteiger partial charge in [-0.25, -0.2) is 14.8 Å². The Labute approximate surface area is 573 Å². The topological polar surface area (TPSA) is 545 Å². The summed E-state index contributed by atoms with van der Waals surface area (Å²) < 4.78 is 0. The van der Waals surface area contributed by atoms with Gasteiger partial charge in [0.15, 0.2) is 0 Å². The number of H-pyrrole nitrogens is 2. The maximum absolute atomic E-state index is 14.4. The molecule has 0 radical (unpaired) electrons. The highest BCUT2D eigenvalue weighted by atomic mass is 32.1. The van der Waals surface area contributed by atoms with E-state index in [1.807, 2.05) is 0 Å². The van der Waals surface area contributed by atoms with Crippen LogP contribution in [0.25, 0.3) is 0 Å². The number of amides is 12. The first-order chi connectivity index (χ1) is 45.8. The van der Waals surface area contributed by atoms with Crippen LogP contribution in [-0.4, -0.2) is 245 Å². The molecular formula is C57H84N18O17S4. The van der Waals surface area contributed by atoms with Crippen molar-refractivity contribution in [1.29, 1.82) is 0 Å². The number of thiol groups is 4. The number of hydrogen-bond acceptors (Lipinski definition) is 23. The van der Waals surface area contributed by atoms with Gasteiger partial charge in [0, 0.05) is 67.6 Å². The molecule has 1 saturated heterocycles. The van der Waals surface area contributed by atoms with E-state index in [-0.39, 0.29) is 80.3 Å². The highest BCUT2D eigenvalue weighted by Gasteiger charge is 2.41. The van der Waals surface area contributed by atoms with Crippen molar-refractivity contribution in [1.82, 2.24) is 83.3 Å². The van der Waals surface area contributed by atoms with Crippen molar-refractivity contribution in [3.05, 3.63) is 72.3 Å². The number of nitrogens with one attached hydrogen (secondary N) is 13. The molecular weight excluding hydrogens is 1340 g/mol. The van der Waals surface area contributed by atoms with E-state index in [2.05, 4.69) is 129 Å². The average molecular weight is 1420 g/mol. The molecule has 1 aromatic carbocycles. The molecule has 96 heavy (non-hydrogen) atoms. The summed E-state index contributed by atoms with van der Waals surface area (Å²) in [6, 6.07) is -8.38. The number of benzene rings is 1. The van der Waals surface area contributed by atoms with Crippen molar-refractivity contribution in [2.45, 2.75) is 144 Å². The fourth-order valence-electron chi connectivity index (χ4n) is 9.45. The molecule has 1 aliphatic heterocycles. The monoisotopic (exact) mass is 1420 g/mol. The van der Waals surface area contributed by atoms with Crippen LogP contribution in [0.3, 0.4) is 0 Å². The highest BCUT2D eigenvalue weighted by molar-refractivity contribution is 7.80. The molecule has 0 unspecified atom stereocenters. The zero-order valence-electron chi connectivity index (χ0n) is 52.2. The minimum atomic E-state index is -1.67. The number of aromatic nitrogens is 4. The molecule has 35 nitrogen and oxygen atoms in total. The molecule has 0 saturated carbocycles. The van der Waals surface area contributed by atoms with Crippen molar-refractivity contribution in [2.75, 3.05) is 49.3 Å². The number of likely N-dealkylation sites (tertiary alicyclic amines) is 1. The summed E-state index contributed by atoms with van der Waals surface area (Å²) in [7, 11) is 0. The summed E-state index contributed by atoms with van der Waals surface area (Å²) in [5, 5.41) is 55.5. The number of carbonyl (C=O) groups is 14. The minimum Gasteiger partial charge on any atom is -0.481 e. The van der Waals surface area contributed by atoms with E-state index in [0.29, 0.717) is 30.5 Å². The Kier molecular flexibility index (Phi) is 34.5. The molecule has 1 fully saturated rings. The second-order valence-corrected chi connectivity index (χ2v) is 23.5. The Morgan fingerprint density at radius 3 is 1.58 bits per heavy atom. The van der Waals surface area contributed by atoms with Crippen LogP contribution in [-0.2, 0) is 86.4 Å². The Morgan fingerprint density at radius 2 is 1.05 bits per heavy atom. The fourth-order valence-corrected chi connectivity index (χ4v) is 10.5. The summed E-state index contributed by atoms with van der Waals surface area (Å²) in [6.07, 6.45) is 5.44. The molecule has 20 N–H and O–H groups in total. The number of hydrogen-bond donors (Lipinski definition) is 22. The molecule has 1 aliphatic rings. The first kappa shape index (κ1) is 79.9. The van der Waals surface area contributed by atoms with Crippen LogP contribution < -0.4 is 70.0 Å². The Hall–Kier alpha value is -8.50. The predicted molar refractivity (Wildman–Crippen MR) is 355 cm³/mol. The fraction of sp³-hybridized carbons (Fsp3) is 0.544. The van der Waals surface area contributed by atoms with E-state index in [0.717, 1.165) is 0 Å². The molecule has 0 spiro atoms.